The highest BCUT2D eigenvalue weighted by molar-refractivity contribution is 5.58. The molecule has 0 atom stereocenters. The van der Waals surface area contributed by atoms with E-state index in [1.54, 1.807) is 18.2 Å². The van der Waals surface area contributed by atoms with Crippen LogP contribution in [0.15, 0.2) is 24.3 Å². The Morgan fingerprint density at radius 1 is 1.15 bits per heavy atom. The number of aryl methyl sites for hydroxylation is 2. The van der Waals surface area contributed by atoms with Gasteiger partial charge in [-0.05, 0) is 51.1 Å². The van der Waals surface area contributed by atoms with Gasteiger partial charge >= 0.3 is 0 Å². The summed E-state index contributed by atoms with van der Waals surface area (Å²) >= 11 is 0. The summed E-state index contributed by atoms with van der Waals surface area (Å²) in [5.74, 6) is 0.903. The van der Waals surface area contributed by atoms with E-state index in [1.807, 2.05) is 19.9 Å². The zero-order chi connectivity index (χ0) is 14.5. The van der Waals surface area contributed by atoms with Crippen LogP contribution in [0, 0.1) is 13.8 Å². The summed E-state index contributed by atoms with van der Waals surface area (Å²) in [7, 11) is 0. The second-order valence-electron chi connectivity index (χ2n) is 4.85. The number of likely N-dealkylation sites (N-methyl/N-ethyl adjacent to an activating group) is 1. The van der Waals surface area contributed by atoms with Crippen molar-refractivity contribution in [1.82, 2.24) is 15.3 Å². The van der Waals surface area contributed by atoms with Crippen LogP contribution in [0.1, 0.15) is 23.9 Å². The number of nitrogens with one attached hydrogen (secondary N) is 1. The van der Waals surface area contributed by atoms with Crippen LogP contribution in [0.2, 0.25) is 0 Å². The van der Waals surface area contributed by atoms with Crippen LogP contribution in [0.4, 0.5) is 0 Å². The fourth-order valence-corrected chi connectivity index (χ4v) is 2.27. The average molecular weight is 271 g/mol. The number of rotatable bonds is 5. The Kier molecular flexibility index (Phi) is 4.69. The maximum absolute atomic E-state index is 9.55. The molecule has 0 amide bonds. The molecule has 1 aromatic heterocycles. The highest BCUT2D eigenvalue weighted by Crippen LogP contribution is 2.22. The van der Waals surface area contributed by atoms with Gasteiger partial charge in [0.25, 0.3) is 0 Å². The van der Waals surface area contributed by atoms with Crippen molar-refractivity contribution < 1.29 is 5.11 Å². The van der Waals surface area contributed by atoms with Gasteiger partial charge in [-0.3, -0.25) is 0 Å². The summed E-state index contributed by atoms with van der Waals surface area (Å²) in [5, 5.41) is 12.9. The lowest BCUT2D eigenvalue weighted by atomic mass is 10.1. The molecule has 4 heteroatoms. The molecule has 4 nitrogen and oxygen atoms in total. The predicted octanol–water partition coefficient (Wildman–Crippen LogP) is 2.62. The van der Waals surface area contributed by atoms with Crippen molar-refractivity contribution in [1.29, 1.82) is 0 Å². The summed E-state index contributed by atoms with van der Waals surface area (Å²) in [4.78, 5) is 9.15. The molecule has 1 aromatic carbocycles. The van der Waals surface area contributed by atoms with Gasteiger partial charge in [-0.15, -0.1) is 0 Å². The molecule has 2 rings (SSSR count). The third-order valence-electron chi connectivity index (χ3n) is 3.33. The van der Waals surface area contributed by atoms with Gasteiger partial charge < -0.3 is 10.4 Å². The van der Waals surface area contributed by atoms with Crippen LogP contribution in [-0.4, -0.2) is 28.2 Å². The van der Waals surface area contributed by atoms with E-state index in [0.29, 0.717) is 5.82 Å². The van der Waals surface area contributed by atoms with Crippen LogP contribution in [-0.2, 0) is 6.42 Å². The van der Waals surface area contributed by atoms with E-state index in [1.165, 1.54) is 5.56 Å². The molecule has 0 aliphatic heterocycles. The second-order valence-corrected chi connectivity index (χ2v) is 4.85. The Hall–Kier alpha value is -1.94. The number of nitrogens with zero attached hydrogens (tertiary/aromatic N) is 2. The molecule has 1 heterocycles. The first-order valence-corrected chi connectivity index (χ1v) is 6.96. The smallest absolute Gasteiger partial charge is 0.159 e. The molecule has 0 fully saturated rings. The van der Waals surface area contributed by atoms with Crippen molar-refractivity contribution in [2.24, 2.45) is 0 Å². The van der Waals surface area contributed by atoms with Crippen molar-refractivity contribution in [3.63, 3.8) is 0 Å². The predicted molar refractivity (Wildman–Crippen MR) is 80.9 cm³/mol. The van der Waals surface area contributed by atoms with E-state index in [2.05, 4.69) is 22.2 Å². The van der Waals surface area contributed by atoms with Crippen molar-refractivity contribution in [3.05, 3.63) is 41.2 Å². The molecule has 20 heavy (non-hydrogen) atoms. The Labute approximate surface area is 119 Å². The number of hydrogen-bond donors (Lipinski definition) is 2. The summed E-state index contributed by atoms with van der Waals surface area (Å²) in [6.45, 7) is 8.04. The lowest BCUT2D eigenvalue weighted by molar-refractivity contribution is 0.475. The SMILES string of the molecule is CCNCCc1c(C)nc(-c2cccc(O)c2)nc1C. The lowest BCUT2D eigenvalue weighted by Crippen LogP contribution is -2.17. The number of aromatic nitrogens is 2. The Morgan fingerprint density at radius 3 is 2.45 bits per heavy atom. The van der Waals surface area contributed by atoms with E-state index >= 15 is 0 Å². The lowest BCUT2D eigenvalue weighted by Gasteiger charge is -2.11. The third kappa shape index (κ3) is 3.33. The Balaban J connectivity index is 2.30. The largest absolute Gasteiger partial charge is 0.508 e. The van der Waals surface area contributed by atoms with E-state index in [9.17, 15) is 5.11 Å². The summed E-state index contributed by atoms with van der Waals surface area (Å²) in [6, 6.07) is 7.05. The van der Waals surface area contributed by atoms with Crippen molar-refractivity contribution >= 4 is 0 Å². The number of hydrogen-bond acceptors (Lipinski definition) is 4. The Bertz CT molecular complexity index is 573. The maximum Gasteiger partial charge on any atom is 0.159 e. The molecular formula is C16H21N3O. The minimum absolute atomic E-state index is 0.234. The van der Waals surface area contributed by atoms with Crippen LogP contribution in [0.5, 0.6) is 5.75 Å². The summed E-state index contributed by atoms with van der Waals surface area (Å²) in [6.07, 6.45) is 0.936. The van der Waals surface area contributed by atoms with Crippen LogP contribution < -0.4 is 5.32 Å². The van der Waals surface area contributed by atoms with Gasteiger partial charge in [-0.25, -0.2) is 9.97 Å². The molecule has 0 aliphatic rings. The highest BCUT2D eigenvalue weighted by atomic mass is 16.3. The maximum atomic E-state index is 9.55. The first-order chi connectivity index (χ1) is 9.61. The quantitative estimate of drug-likeness (QED) is 0.821. The van der Waals surface area contributed by atoms with Gasteiger partial charge in [0.05, 0.1) is 0 Å². The monoisotopic (exact) mass is 271 g/mol. The molecule has 0 unspecified atom stereocenters. The molecule has 2 N–H and O–H groups in total. The van der Waals surface area contributed by atoms with Gasteiger partial charge in [0.15, 0.2) is 5.82 Å². The van der Waals surface area contributed by atoms with Gasteiger partial charge in [-0.1, -0.05) is 19.1 Å². The van der Waals surface area contributed by atoms with E-state index < -0.39 is 0 Å². The zero-order valence-electron chi connectivity index (χ0n) is 12.3. The van der Waals surface area contributed by atoms with Crippen molar-refractivity contribution in [2.75, 3.05) is 13.1 Å². The normalized spacial score (nSPS) is 10.8. The zero-order valence-corrected chi connectivity index (χ0v) is 12.3. The van der Waals surface area contributed by atoms with Crippen LogP contribution in [0.3, 0.4) is 0 Å². The van der Waals surface area contributed by atoms with Gasteiger partial charge in [0.2, 0.25) is 0 Å². The standard InChI is InChI=1S/C16H21N3O/c1-4-17-9-8-15-11(2)18-16(19-12(15)3)13-6-5-7-14(20)10-13/h5-7,10,17,20H,4,8-9H2,1-3H3. The highest BCUT2D eigenvalue weighted by Gasteiger charge is 2.10. The van der Waals surface area contributed by atoms with E-state index in [-0.39, 0.29) is 5.75 Å². The molecular weight excluding hydrogens is 250 g/mol. The Morgan fingerprint density at radius 2 is 1.85 bits per heavy atom. The molecule has 0 spiro atoms. The summed E-state index contributed by atoms with van der Waals surface area (Å²) < 4.78 is 0. The topological polar surface area (TPSA) is 58.0 Å². The minimum atomic E-state index is 0.234. The van der Waals surface area contributed by atoms with Gasteiger partial charge in [0.1, 0.15) is 5.75 Å². The molecule has 0 bridgehead atoms. The molecule has 2 aromatic rings. The van der Waals surface area contributed by atoms with Gasteiger partial charge in [0, 0.05) is 17.0 Å². The summed E-state index contributed by atoms with van der Waals surface area (Å²) in [5.41, 5.74) is 4.06. The van der Waals surface area contributed by atoms with Crippen molar-refractivity contribution in [2.45, 2.75) is 27.2 Å². The fourth-order valence-electron chi connectivity index (χ4n) is 2.27. The molecule has 106 valence electrons. The van der Waals surface area contributed by atoms with E-state index in [4.69, 9.17) is 0 Å². The number of phenolic OH excluding ortho intramolecular Hbond substituents is 1. The van der Waals surface area contributed by atoms with Crippen molar-refractivity contribution in [3.8, 4) is 17.1 Å². The average Bonchev–Trinajstić information content (AvgIpc) is 2.41. The van der Waals surface area contributed by atoms with Crippen LogP contribution in [0.25, 0.3) is 11.4 Å². The molecule has 0 radical (unpaired) electrons. The van der Waals surface area contributed by atoms with E-state index in [0.717, 1.165) is 36.5 Å². The number of aromatic hydroxyl groups is 1. The molecule has 0 aliphatic carbocycles. The molecule has 0 saturated carbocycles. The number of benzene rings is 1. The first kappa shape index (κ1) is 14.5. The minimum Gasteiger partial charge on any atom is -0.508 e. The second kappa shape index (κ2) is 6.48. The first-order valence-electron chi connectivity index (χ1n) is 6.96. The van der Waals surface area contributed by atoms with Crippen LogP contribution >= 0.6 is 0 Å². The fraction of sp³-hybridized carbons (Fsp3) is 0.375. The number of phenols is 1. The molecule has 0 saturated heterocycles. The third-order valence-corrected chi connectivity index (χ3v) is 3.33. The van der Waals surface area contributed by atoms with Gasteiger partial charge in [-0.2, -0.15) is 0 Å².